The molecule has 1 aromatic heterocycles. The van der Waals surface area contributed by atoms with Gasteiger partial charge < -0.3 is 14.8 Å². The third kappa shape index (κ3) is 2.71. The van der Waals surface area contributed by atoms with Crippen LogP contribution in [0.15, 0.2) is 57.2 Å². The van der Waals surface area contributed by atoms with Gasteiger partial charge in [-0.1, -0.05) is 12.1 Å². The molecule has 116 valence electrons. The molecular formula is C16H13N3O4. The molecule has 3 rings (SSSR count). The summed E-state index contributed by atoms with van der Waals surface area (Å²) in [5, 5.41) is 14.0. The summed E-state index contributed by atoms with van der Waals surface area (Å²) in [6.45, 7) is 0. The molecule has 0 fully saturated rings. The number of aromatic hydroxyl groups is 1. The van der Waals surface area contributed by atoms with E-state index in [-0.39, 0.29) is 5.75 Å². The van der Waals surface area contributed by atoms with E-state index in [2.05, 4.69) is 10.1 Å². The van der Waals surface area contributed by atoms with Gasteiger partial charge in [0.2, 0.25) is 0 Å². The van der Waals surface area contributed by atoms with Gasteiger partial charge in [-0.15, -0.1) is 4.68 Å². The lowest BCUT2D eigenvalue weighted by atomic mass is 10.2. The number of ether oxygens (including phenoxy) is 1. The molecule has 0 amide bonds. The number of phenolic OH excluding ortho intramolecular Hbond substituents is 1. The minimum atomic E-state index is -0.660. The Bertz CT molecular complexity index is 1020. The van der Waals surface area contributed by atoms with E-state index < -0.39 is 11.2 Å². The fraction of sp³-hybridized carbons (Fsp3) is 0.0625. The number of fused-ring (bicyclic) bond motifs is 1. The average Bonchev–Trinajstić information content (AvgIpc) is 2.56. The van der Waals surface area contributed by atoms with Crippen LogP contribution in [0.4, 0.5) is 0 Å². The van der Waals surface area contributed by atoms with Gasteiger partial charge in [-0.3, -0.25) is 4.79 Å². The number of phenols is 1. The lowest BCUT2D eigenvalue weighted by Gasteiger charge is -2.03. The highest BCUT2D eigenvalue weighted by Gasteiger charge is 2.06. The van der Waals surface area contributed by atoms with E-state index >= 15 is 0 Å². The molecule has 7 nitrogen and oxygen atoms in total. The average molecular weight is 311 g/mol. The molecule has 0 aliphatic rings. The molecule has 3 aromatic rings. The summed E-state index contributed by atoms with van der Waals surface area (Å²) in [6.07, 6.45) is 1.23. The van der Waals surface area contributed by atoms with Crippen LogP contribution in [-0.4, -0.2) is 28.1 Å². The van der Waals surface area contributed by atoms with Gasteiger partial charge in [0.05, 0.1) is 24.2 Å². The second-order valence-corrected chi connectivity index (χ2v) is 4.76. The Morgan fingerprint density at radius 2 is 2.00 bits per heavy atom. The van der Waals surface area contributed by atoms with Gasteiger partial charge in [-0.05, 0) is 30.3 Å². The van der Waals surface area contributed by atoms with Crippen molar-refractivity contribution in [3.05, 3.63) is 68.9 Å². The van der Waals surface area contributed by atoms with Gasteiger partial charge in [0, 0.05) is 5.56 Å². The Kier molecular flexibility index (Phi) is 3.68. The third-order valence-electron chi connectivity index (χ3n) is 3.33. The minimum absolute atomic E-state index is 0.0418. The van der Waals surface area contributed by atoms with Crippen LogP contribution in [0.2, 0.25) is 0 Å². The van der Waals surface area contributed by atoms with Crippen LogP contribution in [0.5, 0.6) is 11.5 Å². The van der Waals surface area contributed by atoms with Gasteiger partial charge in [0.1, 0.15) is 11.5 Å². The van der Waals surface area contributed by atoms with Gasteiger partial charge in [-0.2, -0.15) is 5.10 Å². The van der Waals surface area contributed by atoms with E-state index in [1.54, 1.807) is 36.4 Å². The minimum Gasteiger partial charge on any atom is -0.507 e. The number of para-hydroxylation sites is 1. The lowest BCUT2D eigenvalue weighted by Crippen LogP contribution is -2.32. The van der Waals surface area contributed by atoms with E-state index in [1.165, 1.54) is 19.4 Å². The van der Waals surface area contributed by atoms with Crippen LogP contribution < -0.4 is 16.0 Å². The van der Waals surface area contributed by atoms with Crippen LogP contribution in [0, 0.1) is 0 Å². The van der Waals surface area contributed by atoms with Gasteiger partial charge in [0.25, 0.3) is 5.56 Å². The molecule has 23 heavy (non-hydrogen) atoms. The SMILES string of the molecule is COc1ccc(O)c(C=Nn2c(=O)[nH]c3ccccc3c2=O)c1. The van der Waals surface area contributed by atoms with Crippen molar-refractivity contribution in [2.75, 3.05) is 7.11 Å². The fourth-order valence-electron chi connectivity index (χ4n) is 2.14. The number of hydrogen-bond acceptors (Lipinski definition) is 5. The van der Waals surface area contributed by atoms with Crippen LogP contribution in [0.1, 0.15) is 5.56 Å². The molecule has 0 bridgehead atoms. The summed E-state index contributed by atoms with van der Waals surface area (Å²) in [5.74, 6) is 0.476. The maximum Gasteiger partial charge on any atom is 0.349 e. The molecule has 1 heterocycles. The number of nitrogens with one attached hydrogen (secondary N) is 1. The number of H-pyrrole nitrogens is 1. The van der Waals surface area contributed by atoms with Crippen molar-refractivity contribution in [3.63, 3.8) is 0 Å². The first kappa shape index (κ1) is 14.6. The Balaban J connectivity index is 2.12. The molecule has 0 spiro atoms. The zero-order valence-electron chi connectivity index (χ0n) is 12.2. The molecule has 0 aliphatic carbocycles. The summed E-state index contributed by atoms with van der Waals surface area (Å²) < 4.78 is 5.77. The second-order valence-electron chi connectivity index (χ2n) is 4.76. The Morgan fingerprint density at radius 3 is 2.78 bits per heavy atom. The lowest BCUT2D eigenvalue weighted by molar-refractivity contribution is 0.412. The zero-order chi connectivity index (χ0) is 16.4. The molecule has 0 saturated heterocycles. The van der Waals surface area contributed by atoms with Gasteiger partial charge in [0.15, 0.2) is 0 Å². The molecule has 7 heteroatoms. The predicted octanol–water partition coefficient (Wildman–Crippen LogP) is 1.29. The van der Waals surface area contributed by atoms with Crippen molar-refractivity contribution in [1.29, 1.82) is 0 Å². The van der Waals surface area contributed by atoms with Crippen LogP contribution >= 0.6 is 0 Å². The number of aromatic amines is 1. The third-order valence-corrected chi connectivity index (χ3v) is 3.33. The van der Waals surface area contributed by atoms with Crippen molar-refractivity contribution in [1.82, 2.24) is 9.66 Å². The maximum absolute atomic E-state index is 12.3. The van der Waals surface area contributed by atoms with Gasteiger partial charge in [-0.25, -0.2) is 4.79 Å². The highest BCUT2D eigenvalue weighted by molar-refractivity contribution is 5.84. The van der Waals surface area contributed by atoms with E-state index in [1.807, 2.05) is 0 Å². The van der Waals surface area contributed by atoms with Crippen molar-refractivity contribution in [2.45, 2.75) is 0 Å². The van der Waals surface area contributed by atoms with E-state index in [0.717, 1.165) is 0 Å². The number of hydrogen-bond donors (Lipinski definition) is 2. The second kappa shape index (κ2) is 5.80. The smallest absolute Gasteiger partial charge is 0.349 e. The first-order chi connectivity index (χ1) is 11.1. The molecule has 0 aliphatic heterocycles. The molecule has 2 N–H and O–H groups in total. The molecular weight excluding hydrogens is 298 g/mol. The van der Waals surface area contributed by atoms with E-state index in [9.17, 15) is 14.7 Å². The van der Waals surface area contributed by atoms with Crippen LogP contribution in [0.25, 0.3) is 10.9 Å². The van der Waals surface area contributed by atoms with Crippen molar-refractivity contribution in [2.24, 2.45) is 5.10 Å². The van der Waals surface area contributed by atoms with E-state index in [0.29, 0.717) is 26.9 Å². The summed E-state index contributed by atoms with van der Waals surface area (Å²) in [6, 6.07) is 11.2. The highest BCUT2D eigenvalue weighted by Crippen LogP contribution is 2.21. The standard InChI is InChI=1S/C16H13N3O4/c1-23-11-6-7-14(20)10(8-11)9-17-19-15(21)12-4-2-3-5-13(12)18-16(19)22/h2-9,20H,1H3,(H,18,22). The van der Waals surface area contributed by atoms with Crippen molar-refractivity contribution >= 4 is 17.1 Å². The normalized spacial score (nSPS) is 11.2. The Hall–Kier alpha value is -3.35. The Labute approximate surface area is 130 Å². The molecule has 0 unspecified atom stereocenters. The first-order valence-electron chi connectivity index (χ1n) is 6.75. The summed E-state index contributed by atoms with van der Waals surface area (Å²) in [5.41, 5.74) is -0.433. The monoisotopic (exact) mass is 311 g/mol. The van der Waals surface area contributed by atoms with Gasteiger partial charge >= 0.3 is 5.69 Å². The topological polar surface area (TPSA) is 96.7 Å². The predicted molar refractivity (Wildman–Crippen MR) is 86.5 cm³/mol. The maximum atomic E-state index is 12.3. The first-order valence-corrected chi connectivity index (χ1v) is 6.75. The summed E-state index contributed by atoms with van der Waals surface area (Å²) in [4.78, 5) is 26.9. The molecule has 2 aromatic carbocycles. The fourth-order valence-corrected chi connectivity index (χ4v) is 2.14. The Morgan fingerprint density at radius 1 is 1.22 bits per heavy atom. The van der Waals surface area contributed by atoms with E-state index in [4.69, 9.17) is 4.74 Å². The molecule has 0 atom stereocenters. The van der Waals surface area contributed by atoms with Crippen LogP contribution in [0.3, 0.4) is 0 Å². The number of aromatic nitrogens is 2. The molecule has 0 radical (unpaired) electrons. The number of benzene rings is 2. The number of rotatable bonds is 3. The van der Waals surface area contributed by atoms with Crippen molar-refractivity contribution in [3.8, 4) is 11.5 Å². The highest BCUT2D eigenvalue weighted by atomic mass is 16.5. The van der Waals surface area contributed by atoms with Crippen LogP contribution in [-0.2, 0) is 0 Å². The van der Waals surface area contributed by atoms with Crippen molar-refractivity contribution < 1.29 is 9.84 Å². The molecule has 0 saturated carbocycles. The number of nitrogens with zero attached hydrogens (tertiary/aromatic N) is 2. The zero-order valence-corrected chi connectivity index (χ0v) is 12.2. The summed E-state index contributed by atoms with van der Waals surface area (Å²) in [7, 11) is 1.49. The quantitative estimate of drug-likeness (QED) is 0.712. The number of methoxy groups -OCH3 is 1. The largest absolute Gasteiger partial charge is 0.507 e. The summed E-state index contributed by atoms with van der Waals surface area (Å²) >= 11 is 0.